The van der Waals surface area contributed by atoms with Gasteiger partial charge in [-0.3, -0.25) is 0 Å². The predicted molar refractivity (Wildman–Crippen MR) is 63.9 cm³/mol. The summed E-state index contributed by atoms with van der Waals surface area (Å²) < 4.78 is 0. The lowest BCUT2D eigenvalue weighted by molar-refractivity contribution is 0.897. The fourth-order valence-corrected chi connectivity index (χ4v) is 2.55. The van der Waals surface area contributed by atoms with Crippen molar-refractivity contribution in [1.29, 1.82) is 0 Å². The summed E-state index contributed by atoms with van der Waals surface area (Å²) in [6, 6.07) is 8.69. The molecule has 1 aromatic carbocycles. The fraction of sp³-hybridized carbons (Fsp3) is 0.286. The first kappa shape index (κ1) is 8.78. The van der Waals surface area contributed by atoms with Crippen molar-refractivity contribution in [2.24, 2.45) is 0 Å². The second-order valence-electron chi connectivity index (χ2n) is 4.26. The molecule has 0 N–H and O–H groups in total. The maximum Gasteiger partial charge on any atom is 0.0444 e. The van der Waals surface area contributed by atoms with E-state index in [9.17, 15) is 0 Å². The van der Waals surface area contributed by atoms with E-state index >= 15 is 0 Å². The number of fused-ring (bicyclic) bond motifs is 2. The van der Waals surface area contributed by atoms with Crippen LogP contribution in [0.1, 0.15) is 18.4 Å². The van der Waals surface area contributed by atoms with Crippen LogP contribution in [0.3, 0.4) is 0 Å². The summed E-state index contributed by atoms with van der Waals surface area (Å²) in [6.45, 7) is 0. The van der Waals surface area contributed by atoms with Crippen molar-refractivity contribution in [3.05, 3.63) is 53.3 Å². The van der Waals surface area contributed by atoms with Crippen LogP contribution in [-0.2, 0) is 6.42 Å². The molecule has 0 bridgehead atoms. The van der Waals surface area contributed by atoms with Crippen molar-refractivity contribution < 1.29 is 0 Å². The Hall–Kier alpha value is -1.50. The first-order chi connectivity index (χ1) is 7.36. The molecular weight excluding hydrogens is 182 g/mol. The van der Waals surface area contributed by atoms with Crippen molar-refractivity contribution >= 4 is 5.69 Å². The minimum atomic E-state index is 1.10. The molecule has 76 valence electrons. The molecule has 3 rings (SSSR count). The highest BCUT2D eigenvalue weighted by molar-refractivity contribution is 5.66. The van der Waals surface area contributed by atoms with Crippen LogP contribution < -0.4 is 4.90 Å². The number of anilines is 1. The second-order valence-corrected chi connectivity index (χ2v) is 4.26. The van der Waals surface area contributed by atoms with Gasteiger partial charge in [0.05, 0.1) is 0 Å². The lowest BCUT2D eigenvalue weighted by atomic mass is 9.91. The van der Waals surface area contributed by atoms with Gasteiger partial charge in [-0.1, -0.05) is 30.4 Å². The molecule has 0 atom stereocenters. The van der Waals surface area contributed by atoms with Crippen LogP contribution in [0.25, 0.3) is 0 Å². The molecule has 0 saturated carbocycles. The Morgan fingerprint density at radius 1 is 1.07 bits per heavy atom. The topological polar surface area (TPSA) is 3.24 Å². The van der Waals surface area contributed by atoms with Crippen molar-refractivity contribution in [3.63, 3.8) is 0 Å². The van der Waals surface area contributed by atoms with Gasteiger partial charge in [0, 0.05) is 24.9 Å². The summed E-state index contributed by atoms with van der Waals surface area (Å²) in [5.74, 6) is 0. The number of nitrogens with zero attached hydrogens (tertiary/aromatic N) is 1. The van der Waals surface area contributed by atoms with Crippen molar-refractivity contribution in [3.8, 4) is 0 Å². The van der Waals surface area contributed by atoms with Gasteiger partial charge in [-0.2, -0.15) is 0 Å². The van der Waals surface area contributed by atoms with E-state index in [0.717, 1.165) is 6.42 Å². The van der Waals surface area contributed by atoms with E-state index < -0.39 is 0 Å². The maximum absolute atomic E-state index is 2.39. The van der Waals surface area contributed by atoms with Gasteiger partial charge in [-0.05, 0) is 30.0 Å². The van der Waals surface area contributed by atoms with Crippen molar-refractivity contribution in [2.45, 2.75) is 19.3 Å². The third kappa shape index (κ3) is 1.30. The summed E-state index contributed by atoms with van der Waals surface area (Å²) in [6.07, 6.45) is 8.25. The van der Waals surface area contributed by atoms with Crippen LogP contribution in [0.2, 0.25) is 0 Å². The summed E-state index contributed by atoms with van der Waals surface area (Å²) in [5.41, 5.74) is 5.73. The summed E-state index contributed by atoms with van der Waals surface area (Å²) >= 11 is 0. The van der Waals surface area contributed by atoms with Gasteiger partial charge in [-0.15, -0.1) is 0 Å². The molecular formula is C14H15N. The maximum atomic E-state index is 2.39. The number of benzene rings is 1. The van der Waals surface area contributed by atoms with Crippen molar-refractivity contribution in [2.75, 3.05) is 11.9 Å². The molecule has 1 aliphatic carbocycles. The largest absolute Gasteiger partial charge is 0.344 e. The van der Waals surface area contributed by atoms with E-state index in [2.05, 4.69) is 48.4 Å². The molecule has 0 radical (unpaired) electrons. The number of rotatable bonds is 0. The smallest absolute Gasteiger partial charge is 0.0444 e. The zero-order valence-corrected chi connectivity index (χ0v) is 9.03. The second kappa shape index (κ2) is 3.27. The van der Waals surface area contributed by atoms with E-state index in [1.807, 2.05) is 0 Å². The highest BCUT2D eigenvalue weighted by Gasteiger charge is 2.22. The Kier molecular flexibility index (Phi) is 1.91. The van der Waals surface area contributed by atoms with E-state index in [0.29, 0.717) is 0 Å². The van der Waals surface area contributed by atoms with Crippen LogP contribution in [-0.4, -0.2) is 7.05 Å². The molecule has 1 nitrogen and oxygen atoms in total. The quantitative estimate of drug-likeness (QED) is 0.617. The standard InChI is InChI=1S/C14H15N/c1-15-13-8-4-2-6-11(13)10-12-7-3-5-9-14(12)15/h2,4,6-9H,3,5,10H2,1H3. The monoisotopic (exact) mass is 197 g/mol. The summed E-state index contributed by atoms with van der Waals surface area (Å²) in [4.78, 5) is 2.32. The van der Waals surface area contributed by atoms with Crippen LogP contribution in [0.5, 0.6) is 0 Å². The Labute approximate surface area is 90.7 Å². The molecule has 1 aromatic rings. The molecule has 1 heterocycles. The predicted octanol–water partition coefficient (Wildman–Crippen LogP) is 3.28. The Balaban J connectivity index is 2.14. The van der Waals surface area contributed by atoms with Crippen molar-refractivity contribution in [1.82, 2.24) is 0 Å². The number of allylic oxidation sites excluding steroid dienone is 3. The Morgan fingerprint density at radius 2 is 1.87 bits per heavy atom. The van der Waals surface area contributed by atoms with Gasteiger partial charge in [0.1, 0.15) is 0 Å². The van der Waals surface area contributed by atoms with Gasteiger partial charge < -0.3 is 4.90 Å². The average molecular weight is 197 g/mol. The number of hydrogen-bond donors (Lipinski definition) is 0. The zero-order chi connectivity index (χ0) is 10.3. The number of hydrogen-bond acceptors (Lipinski definition) is 1. The minimum Gasteiger partial charge on any atom is -0.344 e. The Morgan fingerprint density at radius 3 is 2.80 bits per heavy atom. The first-order valence-corrected chi connectivity index (χ1v) is 5.57. The van der Waals surface area contributed by atoms with Crippen LogP contribution in [0, 0.1) is 0 Å². The normalized spacial score (nSPS) is 18.9. The number of likely N-dealkylation sites (N-methyl/N-ethyl adjacent to an activating group) is 1. The van der Waals surface area contributed by atoms with E-state index in [1.54, 1.807) is 0 Å². The van der Waals surface area contributed by atoms with Gasteiger partial charge in [-0.25, -0.2) is 0 Å². The third-order valence-corrected chi connectivity index (χ3v) is 3.32. The van der Waals surface area contributed by atoms with Crippen LogP contribution >= 0.6 is 0 Å². The SMILES string of the molecule is CN1C2=CCCC=C2Cc2ccccc21. The first-order valence-electron chi connectivity index (χ1n) is 5.57. The molecule has 2 aliphatic rings. The molecule has 0 amide bonds. The molecule has 0 saturated heterocycles. The highest BCUT2D eigenvalue weighted by atomic mass is 15.1. The lowest BCUT2D eigenvalue weighted by Crippen LogP contribution is -2.25. The van der Waals surface area contributed by atoms with E-state index in [1.165, 1.54) is 35.4 Å². The van der Waals surface area contributed by atoms with E-state index in [4.69, 9.17) is 0 Å². The molecule has 15 heavy (non-hydrogen) atoms. The minimum absolute atomic E-state index is 1.10. The molecule has 0 unspecified atom stereocenters. The highest BCUT2D eigenvalue weighted by Crippen LogP contribution is 2.36. The van der Waals surface area contributed by atoms with Gasteiger partial charge in [0.25, 0.3) is 0 Å². The van der Waals surface area contributed by atoms with Gasteiger partial charge >= 0.3 is 0 Å². The Bertz CT molecular complexity index is 454. The van der Waals surface area contributed by atoms with Gasteiger partial charge in [0.2, 0.25) is 0 Å². The summed E-state index contributed by atoms with van der Waals surface area (Å²) in [7, 11) is 2.17. The third-order valence-electron chi connectivity index (χ3n) is 3.32. The zero-order valence-electron chi connectivity index (χ0n) is 9.03. The lowest BCUT2D eigenvalue weighted by Gasteiger charge is -2.33. The van der Waals surface area contributed by atoms with Crippen LogP contribution in [0.15, 0.2) is 47.7 Å². The average Bonchev–Trinajstić information content (AvgIpc) is 2.30. The molecule has 1 aliphatic heterocycles. The molecule has 0 spiro atoms. The van der Waals surface area contributed by atoms with Gasteiger partial charge in [0.15, 0.2) is 0 Å². The summed E-state index contributed by atoms with van der Waals surface area (Å²) in [5, 5.41) is 0. The number of para-hydroxylation sites is 1. The molecule has 1 heteroatoms. The molecule has 0 aromatic heterocycles. The van der Waals surface area contributed by atoms with E-state index in [-0.39, 0.29) is 0 Å². The fourth-order valence-electron chi connectivity index (χ4n) is 2.55. The van der Waals surface area contributed by atoms with Crippen LogP contribution in [0.4, 0.5) is 5.69 Å². The molecule has 0 fully saturated rings.